The van der Waals surface area contributed by atoms with E-state index in [2.05, 4.69) is 22.0 Å². The summed E-state index contributed by atoms with van der Waals surface area (Å²) in [6.07, 6.45) is 0. The summed E-state index contributed by atoms with van der Waals surface area (Å²) in [6, 6.07) is 6.66. The summed E-state index contributed by atoms with van der Waals surface area (Å²) in [4.78, 5) is 15.3. The number of nitriles is 1. The summed E-state index contributed by atoms with van der Waals surface area (Å²) in [5.41, 5.74) is -0.494. The van der Waals surface area contributed by atoms with Gasteiger partial charge in [-0.15, -0.1) is 0 Å². The number of hydrogen-bond donors (Lipinski definition) is 1. The molecule has 0 atom stereocenters. The van der Waals surface area contributed by atoms with Crippen LogP contribution in [0.1, 0.15) is 19.4 Å². The highest BCUT2D eigenvalue weighted by molar-refractivity contribution is 9.10. The number of amides is 1. The zero-order valence-corrected chi connectivity index (χ0v) is 15.1. The van der Waals surface area contributed by atoms with Crippen LogP contribution in [0.5, 0.6) is 0 Å². The molecule has 23 heavy (non-hydrogen) atoms. The summed E-state index contributed by atoms with van der Waals surface area (Å²) >= 11 is 3.29. The molecule has 0 fully saturated rings. The van der Waals surface area contributed by atoms with E-state index in [0.717, 1.165) is 4.47 Å². The molecule has 0 radical (unpaired) electrons. The highest BCUT2D eigenvalue weighted by atomic mass is 79.9. The predicted molar refractivity (Wildman–Crippen MR) is 88.9 cm³/mol. The lowest BCUT2D eigenvalue weighted by Gasteiger charge is -2.31. The molecule has 1 rings (SSSR count). The van der Waals surface area contributed by atoms with Gasteiger partial charge in [-0.3, -0.25) is 9.69 Å². The maximum atomic E-state index is 13.9. The van der Waals surface area contributed by atoms with Crippen molar-refractivity contribution in [2.45, 2.75) is 25.9 Å². The summed E-state index contributed by atoms with van der Waals surface area (Å²) < 4.78 is 14.6. The van der Waals surface area contributed by atoms with Crippen LogP contribution in [0.3, 0.4) is 0 Å². The van der Waals surface area contributed by atoms with E-state index in [-0.39, 0.29) is 38.0 Å². The second kappa shape index (κ2) is 8.39. The molecule has 1 amide bonds. The van der Waals surface area contributed by atoms with Gasteiger partial charge >= 0.3 is 0 Å². The van der Waals surface area contributed by atoms with Crippen molar-refractivity contribution in [1.29, 1.82) is 5.26 Å². The fourth-order valence-electron chi connectivity index (χ4n) is 1.94. The SMILES string of the molecule is CN(C(=O)CN(CCO)Cc1cc(Br)ccc1F)C(C)(C)C#N. The van der Waals surface area contributed by atoms with Crippen LogP contribution in [-0.2, 0) is 11.3 Å². The summed E-state index contributed by atoms with van der Waals surface area (Å²) in [5, 5.41) is 18.3. The first-order valence-corrected chi connectivity index (χ1v) is 7.95. The second-order valence-corrected chi connectivity index (χ2v) is 6.71. The van der Waals surface area contributed by atoms with Crippen LogP contribution in [0.4, 0.5) is 4.39 Å². The number of carbonyl (C=O) groups excluding carboxylic acids is 1. The van der Waals surface area contributed by atoms with Crippen LogP contribution in [0.2, 0.25) is 0 Å². The molecule has 0 saturated carbocycles. The van der Waals surface area contributed by atoms with Crippen LogP contribution in [0.15, 0.2) is 22.7 Å². The zero-order valence-electron chi connectivity index (χ0n) is 13.5. The standard InChI is InChI=1S/C16H21BrFN3O2/c1-16(2,11-19)20(3)15(23)10-21(6-7-22)9-12-8-13(17)4-5-14(12)18/h4-5,8,22H,6-7,9-10H2,1-3H3. The van der Waals surface area contributed by atoms with E-state index in [1.165, 1.54) is 11.0 Å². The largest absolute Gasteiger partial charge is 0.395 e. The zero-order chi connectivity index (χ0) is 17.6. The summed E-state index contributed by atoms with van der Waals surface area (Å²) in [7, 11) is 1.56. The Morgan fingerprint density at radius 1 is 1.48 bits per heavy atom. The van der Waals surface area contributed by atoms with Gasteiger partial charge in [-0.1, -0.05) is 15.9 Å². The first-order chi connectivity index (χ1) is 10.7. The Morgan fingerprint density at radius 3 is 2.70 bits per heavy atom. The monoisotopic (exact) mass is 385 g/mol. The smallest absolute Gasteiger partial charge is 0.237 e. The fourth-order valence-corrected chi connectivity index (χ4v) is 2.35. The highest BCUT2D eigenvalue weighted by Gasteiger charge is 2.28. The van der Waals surface area contributed by atoms with Gasteiger partial charge in [0, 0.05) is 30.2 Å². The van der Waals surface area contributed by atoms with E-state index in [4.69, 9.17) is 5.26 Å². The highest BCUT2D eigenvalue weighted by Crippen LogP contribution is 2.18. The van der Waals surface area contributed by atoms with Crippen molar-refractivity contribution in [2.24, 2.45) is 0 Å². The normalized spacial score (nSPS) is 11.4. The molecular formula is C16H21BrFN3O2. The first kappa shape index (κ1) is 19.6. The van der Waals surface area contributed by atoms with E-state index in [0.29, 0.717) is 5.56 Å². The molecule has 1 aromatic rings. The van der Waals surface area contributed by atoms with E-state index in [9.17, 15) is 14.3 Å². The Labute approximate surface area is 144 Å². The number of aliphatic hydroxyl groups is 1. The number of halogens is 2. The second-order valence-electron chi connectivity index (χ2n) is 5.79. The van der Waals surface area contributed by atoms with Gasteiger partial charge in [-0.2, -0.15) is 5.26 Å². The van der Waals surface area contributed by atoms with Crippen LogP contribution in [0.25, 0.3) is 0 Å². The summed E-state index contributed by atoms with van der Waals surface area (Å²) in [6.45, 7) is 3.57. The van der Waals surface area contributed by atoms with Crippen molar-refractivity contribution in [3.63, 3.8) is 0 Å². The third kappa shape index (κ3) is 5.57. The third-order valence-corrected chi connectivity index (χ3v) is 4.16. The first-order valence-electron chi connectivity index (χ1n) is 7.16. The molecule has 0 aromatic heterocycles. The van der Waals surface area contributed by atoms with Gasteiger partial charge in [-0.05, 0) is 32.0 Å². The van der Waals surface area contributed by atoms with Gasteiger partial charge in [0.25, 0.3) is 0 Å². The van der Waals surface area contributed by atoms with Gasteiger partial charge in [0.05, 0.1) is 19.2 Å². The van der Waals surface area contributed by atoms with E-state index in [1.54, 1.807) is 37.9 Å². The molecule has 1 N–H and O–H groups in total. The minimum Gasteiger partial charge on any atom is -0.395 e. The third-order valence-electron chi connectivity index (χ3n) is 3.66. The maximum Gasteiger partial charge on any atom is 0.237 e. The number of carbonyl (C=O) groups is 1. The van der Waals surface area contributed by atoms with E-state index in [1.807, 2.05) is 0 Å². The van der Waals surface area contributed by atoms with Gasteiger partial charge in [0.1, 0.15) is 11.4 Å². The van der Waals surface area contributed by atoms with Crippen molar-refractivity contribution >= 4 is 21.8 Å². The van der Waals surface area contributed by atoms with Gasteiger partial charge in [0.2, 0.25) is 5.91 Å². The Kier molecular flexibility index (Phi) is 7.13. The quantitative estimate of drug-likeness (QED) is 0.780. The van der Waals surface area contributed by atoms with Crippen molar-refractivity contribution < 1.29 is 14.3 Å². The van der Waals surface area contributed by atoms with Crippen molar-refractivity contribution in [2.75, 3.05) is 26.7 Å². The van der Waals surface area contributed by atoms with Crippen LogP contribution < -0.4 is 0 Å². The van der Waals surface area contributed by atoms with Crippen LogP contribution in [0, 0.1) is 17.1 Å². The number of aliphatic hydroxyl groups excluding tert-OH is 1. The van der Waals surface area contributed by atoms with Gasteiger partial charge in [0.15, 0.2) is 0 Å². The molecule has 0 bridgehead atoms. The molecule has 0 heterocycles. The van der Waals surface area contributed by atoms with Crippen LogP contribution in [-0.4, -0.2) is 53.1 Å². The summed E-state index contributed by atoms with van der Waals surface area (Å²) in [5.74, 6) is -0.630. The van der Waals surface area contributed by atoms with Crippen LogP contribution >= 0.6 is 15.9 Å². The number of hydrogen-bond acceptors (Lipinski definition) is 4. The minimum atomic E-state index is -0.928. The van der Waals surface area contributed by atoms with Crippen molar-refractivity contribution in [3.8, 4) is 6.07 Å². The lowest BCUT2D eigenvalue weighted by molar-refractivity contribution is -0.134. The van der Waals surface area contributed by atoms with Crippen molar-refractivity contribution in [1.82, 2.24) is 9.80 Å². The molecule has 0 aliphatic rings. The Hall–Kier alpha value is -1.49. The fraction of sp³-hybridized carbons (Fsp3) is 0.500. The van der Waals surface area contributed by atoms with Gasteiger partial charge in [-0.25, -0.2) is 4.39 Å². The molecular weight excluding hydrogens is 365 g/mol. The average Bonchev–Trinajstić information content (AvgIpc) is 2.50. The number of rotatable bonds is 7. The van der Waals surface area contributed by atoms with Crippen molar-refractivity contribution in [3.05, 3.63) is 34.1 Å². The average molecular weight is 386 g/mol. The molecule has 0 aliphatic carbocycles. The Bertz CT molecular complexity index is 601. The number of likely N-dealkylation sites (N-methyl/N-ethyl adjacent to an activating group) is 1. The molecule has 0 unspecified atom stereocenters. The molecule has 0 saturated heterocycles. The molecule has 5 nitrogen and oxygen atoms in total. The predicted octanol–water partition coefficient (Wildman–Crippen LogP) is 2.14. The van der Waals surface area contributed by atoms with Gasteiger partial charge < -0.3 is 10.0 Å². The lowest BCUT2D eigenvalue weighted by Crippen LogP contribution is -2.48. The topological polar surface area (TPSA) is 67.6 Å². The lowest BCUT2D eigenvalue weighted by atomic mass is 10.1. The molecule has 126 valence electrons. The Balaban J connectivity index is 2.85. The Morgan fingerprint density at radius 2 is 2.13 bits per heavy atom. The molecule has 1 aromatic carbocycles. The van der Waals surface area contributed by atoms with E-state index < -0.39 is 5.54 Å². The minimum absolute atomic E-state index is 0.00583. The number of nitrogens with zero attached hydrogens (tertiary/aromatic N) is 3. The number of benzene rings is 1. The molecule has 0 aliphatic heterocycles. The maximum absolute atomic E-state index is 13.9. The van der Waals surface area contributed by atoms with E-state index >= 15 is 0 Å². The molecule has 7 heteroatoms. The molecule has 0 spiro atoms.